The van der Waals surface area contributed by atoms with E-state index in [1.165, 1.54) is 0 Å². The van der Waals surface area contributed by atoms with Gasteiger partial charge in [-0.25, -0.2) is 4.98 Å². The first-order valence-corrected chi connectivity index (χ1v) is 6.31. The molecule has 4 nitrogen and oxygen atoms in total. The van der Waals surface area contributed by atoms with Gasteiger partial charge in [0.25, 0.3) is 0 Å². The van der Waals surface area contributed by atoms with Crippen molar-refractivity contribution in [3.63, 3.8) is 0 Å². The topological polar surface area (TPSA) is 34.6 Å². The molecule has 0 unspecified atom stereocenters. The summed E-state index contributed by atoms with van der Waals surface area (Å²) >= 11 is 5.89. The molecule has 0 amide bonds. The lowest BCUT2D eigenvalue weighted by Gasteiger charge is -2.19. The van der Waals surface area contributed by atoms with Gasteiger partial charge in [0, 0.05) is 25.5 Å². The minimum Gasteiger partial charge on any atom is -0.454 e. The molecular formula is C14H13ClN2O2. The van der Waals surface area contributed by atoms with Crippen LogP contribution in [0.4, 0.5) is 5.69 Å². The summed E-state index contributed by atoms with van der Waals surface area (Å²) in [4.78, 5) is 6.08. The van der Waals surface area contributed by atoms with Crippen LogP contribution in [0.15, 0.2) is 36.5 Å². The Kier molecular flexibility index (Phi) is 3.17. The molecule has 1 aliphatic rings. The molecule has 0 atom stereocenters. The monoisotopic (exact) mass is 276 g/mol. The molecule has 0 N–H and O–H groups in total. The summed E-state index contributed by atoms with van der Waals surface area (Å²) in [6.45, 7) is 1.06. The summed E-state index contributed by atoms with van der Waals surface area (Å²) in [6.07, 6.45) is 1.70. The average molecular weight is 277 g/mol. The molecule has 0 aliphatic carbocycles. The van der Waals surface area contributed by atoms with Gasteiger partial charge in [-0.1, -0.05) is 17.7 Å². The van der Waals surface area contributed by atoms with E-state index in [0.29, 0.717) is 11.9 Å². The summed E-state index contributed by atoms with van der Waals surface area (Å²) in [7, 11) is 2.01. The highest BCUT2D eigenvalue weighted by Crippen LogP contribution is 2.33. The van der Waals surface area contributed by atoms with Gasteiger partial charge in [0.15, 0.2) is 11.5 Å². The van der Waals surface area contributed by atoms with Crippen LogP contribution in [0.1, 0.15) is 5.56 Å². The van der Waals surface area contributed by atoms with E-state index in [2.05, 4.69) is 9.88 Å². The van der Waals surface area contributed by atoms with Crippen LogP contribution in [0.2, 0.25) is 5.15 Å². The number of ether oxygens (including phenoxy) is 2. The van der Waals surface area contributed by atoms with Crippen molar-refractivity contribution >= 4 is 17.3 Å². The van der Waals surface area contributed by atoms with Crippen molar-refractivity contribution in [2.75, 3.05) is 18.7 Å². The average Bonchev–Trinajstić information content (AvgIpc) is 2.86. The summed E-state index contributed by atoms with van der Waals surface area (Å²) in [5.41, 5.74) is 2.18. The summed E-state index contributed by atoms with van der Waals surface area (Å²) < 4.78 is 10.7. The maximum absolute atomic E-state index is 5.89. The summed E-state index contributed by atoms with van der Waals surface area (Å²) in [5.74, 6) is 1.61. The van der Waals surface area contributed by atoms with Gasteiger partial charge >= 0.3 is 0 Å². The third-order valence-corrected chi connectivity index (χ3v) is 3.21. The maximum atomic E-state index is 5.89. The van der Waals surface area contributed by atoms with E-state index in [9.17, 15) is 0 Å². The Labute approximate surface area is 116 Å². The fourth-order valence-corrected chi connectivity index (χ4v) is 2.20. The van der Waals surface area contributed by atoms with Crippen LogP contribution in [0.3, 0.4) is 0 Å². The molecule has 2 aromatic rings. The Morgan fingerprint density at radius 1 is 1.21 bits per heavy atom. The Balaban J connectivity index is 1.77. The zero-order valence-corrected chi connectivity index (χ0v) is 11.2. The molecule has 0 saturated heterocycles. The Morgan fingerprint density at radius 3 is 2.89 bits per heavy atom. The van der Waals surface area contributed by atoms with Crippen LogP contribution >= 0.6 is 11.6 Å². The molecule has 1 aromatic heterocycles. The lowest BCUT2D eigenvalue weighted by molar-refractivity contribution is 0.174. The van der Waals surface area contributed by atoms with E-state index in [0.717, 1.165) is 29.3 Å². The molecule has 0 radical (unpaired) electrons. The SMILES string of the molecule is CN(Cc1ccc2c(c1)OCO2)c1ccnc(Cl)c1. The van der Waals surface area contributed by atoms with Crippen molar-refractivity contribution in [3.05, 3.63) is 47.2 Å². The molecule has 2 heterocycles. The van der Waals surface area contributed by atoms with Gasteiger partial charge in [0.05, 0.1) is 0 Å². The van der Waals surface area contributed by atoms with Crippen molar-refractivity contribution in [3.8, 4) is 11.5 Å². The lowest BCUT2D eigenvalue weighted by atomic mass is 10.2. The fraction of sp³-hybridized carbons (Fsp3) is 0.214. The number of aromatic nitrogens is 1. The quantitative estimate of drug-likeness (QED) is 0.807. The number of nitrogens with zero attached hydrogens (tertiary/aromatic N) is 2. The highest BCUT2D eigenvalue weighted by Gasteiger charge is 2.13. The number of fused-ring (bicyclic) bond motifs is 1. The van der Waals surface area contributed by atoms with E-state index in [1.807, 2.05) is 37.4 Å². The van der Waals surface area contributed by atoms with Crippen LogP contribution < -0.4 is 14.4 Å². The van der Waals surface area contributed by atoms with E-state index in [1.54, 1.807) is 6.20 Å². The number of pyridine rings is 1. The van der Waals surface area contributed by atoms with Gasteiger partial charge in [-0.3, -0.25) is 0 Å². The minimum atomic E-state index is 0.300. The highest BCUT2D eigenvalue weighted by molar-refractivity contribution is 6.29. The number of hydrogen-bond donors (Lipinski definition) is 0. The second-order valence-electron chi connectivity index (χ2n) is 4.38. The van der Waals surface area contributed by atoms with Gasteiger partial charge in [0.1, 0.15) is 5.15 Å². The highest BCUT2D eigenvalue weighted by atomic mass is 35.5. The zero-order valence-electron chi connectivity index (χ0n) is 10.5. The van der Waals surface area contributed by atoms with Crippen LogP contribution in [0.5, 0.6) is 11.5 Å². The van der Waals surface area contributed by atoms with Crippen molar-refractivity contribution in [2.45, 2.75) is 6.54 Å². The third-order valence-electron chi connectivity index (χ3n) is 3.01. The van der Waals surface area contributed by atoms with Crippen molar-refractivity contribution in [2.24, 2.45) is 0 Å². The van der Waals surface area contributed by atoms with E-state index < -0.39 is 0 Å². The van der Waals surface area contributed by atoms with Crippen LogP contribution in [-0.2, 0) is 6.54 Å². The first kappa shape index (κ1) is 12.1. The fourth-order valence-electron chi connectivity index (χ4n) is 2.03. The molecule has 0 bridgehead atoms. The zero-order chi connectivity index (χ0) is 13.2. The minimum absolute atomic E-state index is 0.300. The molecule has 98 valence electrons. The van der Waals surface area contributed by atoms with Crippen molar-refractivity contribution < 1.29 is 9.47 Å². The van der Waals surface area contributed by atoms with E-state index >= 15 is 0 Å². The second-order valence-corrected chi connectivity index (χ2v) is 4.77. The molecule has 0 spiro atoms. The predicted molar refractivity (Wildman–Crippen MR) is 73.9 cm³/mol. The lowest BCUT2D eigenvalue weighted by Crippen LogP contribution is -2.16. The molecule has 5 heteroatoms. The summed E-state index contributed by atoms with van der Waals surface area (Å²) in [5, 5.41) is 0.495. The van der Waals surface area contributed by atoms with Crippen LogP contribution in [0, 0.1) is 0 Å². The smallest absolute Gasteiger partial charge is 0.231 e. The van der Waals surface area contributed by atoms with E-state index in [4.69, 9.17) is 21.1 Å². The van der Waals surface area contributed by atoms with Crippen LogP contribution in [0.25, 0.3) is 0 Å². The maximum Gasteiger partial charge on any atom is 0.231 e. The Morgan fingerprint density at radius 2 is 2.05 bits per heavy atom. The third kappa shape index (κ3) is 2.58. The first-order chi connectivity index (χ1) is 9.22. The Bertz CT molecular complexity index is 604. The Hall–Kier alpha value is -1.94. The second kappa shape index (κ2) is 4.97. The number of hydrogen-bond acceptors (Lipinski definition) is 4. The largest absolute Gasteiger partial charge is 0.454 e. The number of halogens is 1. The first-order valence-electron chi connectivity index (χ1n) is 5.93. The standard InChI is InChI=1S/C14H13ClN2O2/c1-17(11-4-5-16-14(15)7-11)8-10-2-3-12-13(6-10)19-9-18-12/h2-7H,8-9H2,1H3. The molecule has 3 rings (SSSR count). The predicted octanol–water partition coefficient (Wildman–Crippen LogP) is 3.10. The van der Waals surface area contributed by atoms with Gasteiger partial charge in [0.2, 0.25) is 6.79 Å². The van der Waals surface area contributed by atoms with Gasteiger partial charge in [-0.15, -0.1) is 0 Å². The number of benzene rings is 1. The molecule has 1 aromatic carbocycles. The molecular weight excluding hydrogens is 264 g/mol. The van der Waals surface area contributed by atoms with Crippen molar-refractivity contribution in [1.82, 2.24) is 4.98 Å². The van der Waals surface area contributed by atoms with E-state index in [-0.39, 0.29) is 0 Å². The number of rotatable bonds is 3. The molecule has 1 aliphatic heterocycles. The van der Waals surface area contributed by atoms with Crippen molar-refractivity contribution in [1.29, 1.82) is 0 Å². The normalized spacial score (nSPS) is 12.5. The molecule has 0 saturated carbocycles. The van der Waals surface area contributed by atoms with Gasteiger partial charge in [-0.2, -0.15) is 0 Å². The van der Waals surface area contributed by atoms with Crippen LogP contribution in [-0.4, -0.2) is 18.8 Å². The summed E-state index contributed by atoms with van der Waals surface area (Å²) in [6, 6.07) is 9.74. The number of anilines is 1. The van der Waals surface area contributed by atoms with Gasteiger partial charge in [-0.05, 0) is 29.8 Å². The van der Waals surface area contributed by atoms with Gasteiger partial charge < -0.3 is 14.4 Å². The molecule has 0 fully saturated rings. The molecule has 19 heavy (non-hydrogen) atoms.